The van der Waals surface area contributed by atoms with Crippen LogP contribution in [0.25, 0.3) is 0 Å². The van der Waals surface area contributed by atoms with Gasteiger partial charge in [0.25, 0.3) is 0 Å². The monoisotopic (exact) mass is 268 g/mol. The highest BCUT2D eigenvalue weighted by atomic mass is 32.2. The molecule has 0 fully saturated rings. The molecule has 1 rings (SSSR count). The Balaban J connectivity index is 2.33. The number of thioether (sulfide) groups is 1. The van der Waals surface area contributed by atoms with E-state index >= 15 is 0 Å². The van der Waals surface area contributed by atoms with E-state index < -0.39 is 5.97 Å². The van der Waals surface area contributed by atoms with Crippen LogP contribution < -0.4 is 4.74 Å². The van der Waals surface area contributed by atoms with Crippen LogP contribution in [-0.2, 0) is 11.2 Å². The van der Waals surface area contributed by atoms with Crippen molar-refractivity contribution in [3.05, 3.63) is 29.8 Å². The summed E-state index contributed by atoms with van der Waals surface area (Å²) in [6.45, 7) is 7.20. The first-order chi connectivity index (χ1) is 8.37. The van der Waals surface area contributed by atoms with Gasteiger partial charge in [-0.25, -0.2) is 0 Å². The van der Waals surface area contributed by atoms with Gasteiger partial charge >= 0.3 is 5.97 Å². The number of hydrogen-bond donors (Lipinski definition) is 1. The van der Waals surface area contributed by atoms with Crippen LogP contribution in [0.5, 0.6) is 5.75 Å². The second-order valence-electron chi connectivity index (χ2n) is 5.02. The number of hydrogen-bond acceptors (Lipinski definition) is 3. The summed E-state index contributed by atoms with van der Waals surface area (Å²) >= 11 is 1.86. The average Bonchev–Trinajstić information content (AvgIpc) is 2.24. The molecule has 0 aliphatic carbocycles. The molecule has 3 nitrogen and oxygen atoms in total. The normalized spacial score (nSPS) is 11.3. The second kappa shape index (κ2) is 6.69. The van der Waals surface area contributed by atoms with Crippen LogP contribution >= 0.6 is 11.8 Å². The fourth-order valence-corrected chi connectivity index (χ4v) is 2.16. The van der Waals surface area contributed by atoms with Crippen molar-refractivity contribution in [2.75, 3.05) is 12.4 Å². The summed E-state index contributed by atoms with van der Waals surface area (Å²) < 4.78 is 5.85. The summed E-state index contributed by atoms with van der Waals surface area (Å²) in [7, 11) is 0. The lowest BCUT2D eigenvalue weighted by molar-refractivity contribution is -0.136. The van der Waals surface area contributed by atoms with Gasteiger partial charge in [0.2, 0.25) is 0 Å². The van der Waals surface area contributed by atoms with Crippen molar-refractivity contribution in [2.45, 2.75) is 31.9 Å². The van der Waals surface area contributed by atoms with E-state index in [1.165, 1.54) is 0 Å². The maximum atomic E-state index is 10.5. The van der Waals surface area contributed by atoms with Gasteiger partial charge in [0, 0.05) is 10.5 Å². The smallest absolute Gasteiger partial charge is 0.307 e. The first-order valence-electron chi connectivity index (χ1n) is 5.94. The van der Waals surface area contributed by atoms with E-state index in [2.05, 4.69) is 20.8 Å². The first kappa shape index (κ1) is 14.9. The van der Waals surface area contributed by atoms with E-state index in [1.807, 2.05) is 23.9 Å². The van der Waals surface area contributed by atoms with Crippen LogP contribution in [0.4, 0.5) is 0 Å². The molecule has 1 aromatic rings. The summed E-state index contributed by atoms with van der Waals surface area (Å²) in [6.07, 6.45) is 0.0557. The van der Waals surface area contributed by atoms with Crippen LogP contribution in [0, 0.1) is 0 Å². The lowest BCUT2D eigenvalue weighted by Crippen LogP contribution is -2.11. The van der Waals surface area contributed by atoms with Crippen molar-refractivity contribution in [2.24, 2.45) is 0 Å². The Labute approximate surface area is 113 Å². The van der Waals surface area contributed by atoms with E-state index in [9.17, 15) is 4.79 Å². The molecular weight excluding hydrogens is 248 g/mol. The number of carboxylic acid groups (broad SMARTS) is 1. The molecule has 0 atom stereocenters. The zero-order valence-electron chi connectivity index (χ0n) is 11.1. The van der Waals surface area contributed by atoms with E-state index in [0.717, 1.165) is 17.1 Å². The number of rotatable bonds is 6. The molecule has 1 N–H and O–H groups in total. The summed E-state index contributed by atoms with van der Waals surface area (Å²) in [5.41, 5.74) is 0.791. The third kappa shape index (κ3) is 6.55. The van der Waals surface area contributed by atoms with E-state index in [1.54, 1.807) is 12.1 Å². The molecule has 1 aromatic carbocycles. The molecular formula is C14H20O3S. The van der Waals surface area contributed by atoms with E-state index in [4.69, 9.17) is 9.84 Å². The predicted octanol–water partition coefficient (Wildman–Crippen LogP) is 3.22. The molecule has 0 spiro atoms. The molecule has 0 unspecified atom stereocenters. The molecule has 18 heavy (non-hydrogen) atoms. The Morgan fingerprint density at radius 3 is 2.39 bits per heavy atom. The maximum Gasteiger partial charge on any atom is 0.307 e. The third-order valence-corrected chi connectivity index (χ3v) is 3.40. The van der Waals surface area contributed by atoms with Gasteiger partial charge in [0.1, 0.15) is 5.75 Å². The molecule has 0 aliphatic rings. The molecule has 4 heteroatoms. The highest BCUT2D eigenvalue weighted by Gasteiger charge is 2.09. The van der Waals surface area contributed by atoms with Crippen LogP contribution in [0.15, 0.2) is 24.3 Å². The molecule has 100 valence electrons. The molecule has 0 radical (unpaired) electrons. The molecule has 0 saturated heterocycles. The van der Waals surface area contributed by atoms with Crippen molar-refractivity contribution in [1.29, 1.82) is 0 Å². The first-order valence-corrected chi connectivity index (χ1v) is 6.93. The lowest BCUT2D eigenvalue weighted by atomic mass is 10.1. The zero-order valence-corrected chi connectivity index (χ0v) is 11.9. The number of aliphatic carboxylic acids is 1. The van der Waals surface area contributed by atoms with Crippen molar-refractivity contribution in [3.63, 3.8) is 0 Å². The van der Waals surface area contributed by atoms with E-state index in [-0.39, 0.29) is 11.2 Å². The minimum atomic E-state index is -0.815. The Morgan fingerprint density at radius 1 is 1.28 bits per heavy atom. The van der Waals surface area contributed by atoms with Crippen molar-refractivity contribution in [3.8, 4) is 5.75 Å². The Morgan fingerprint density at radius 2 is 1.89 bits per heavy atom. The molecule has 0 aliphatic heterocycles. The largest absolute Gasteiger partial charge is 0.493 e. The number of benzene rings is 1. The van der Waals surface area contributed by atoms with Gasteiger partial charge in [-0.05, 0) is 17.7 Å². The molecule has 0 bridgehead atoms. The van der Waals surface area contributed by atoms with Crippen LogP contribution in [0.1, 0.15) is 26.3 Å². The summed E-state index contributed by atoms with van der Waals surface area (Å²) in [6, 6.07) is 7.22. The summed E-state index contributed by atoms with van der Waals surface area (Å²) in [5.74, 6) is 0.921. The summed E-state index contributed by atoms with van der Waals surface area (Å²) in [4.78, 5) is 10.5. The van der Waals surface area contributed by atoms with Gasteiger partial charge in [-0.3, -0.25) is 4.79 Å². The van der Waals surface area contributed by atoms with Gasteiger partial charge in [-0.2, -0.15) is 11.8 Å². The maximum absolute atomic E-state index is 10.5. The van der Waals surface area contributed by atoms with Crippen molar-refractivity contribution >= 4 is 17.7 Å². The fraction of sp³-hybridized carbons (Fsp3) is 0.500. The Kier molecular flexibility index (Phi) is 5.54. The topological polar surface area (TPSA) is 46.5 Å². The highest BCUT2D eigenvalue weighted by molar-refractivity contribution is 8.00. The van der Waals surface area contributed by atoms with Gasteiger partial charge in [-0.15, -0.1) is 0 Å². The minimum Gasteiger partial charge on any atom is -0.493 e. The van der Waals surface area contributed by atoms with Crippen LogP contribution in [0.3, 0.4) is 0 Å². The van der Waals surface area contributed by atoms with Crippen molar-refractivity contribution in [1.82, 2.24) is 0 Å². The van der Waals surface area contributed by atoms with E-state index in [0.29, 0.717) is 6.61 Å². The quantitative estimate of drug-likeness (QED) is 0.805. The third-order valence-electron chi connectivity index (χ3n) is 2.17. The van der Waals surface area contributed by atoms with Gasteiger partial charge in [0.15, 0.2) is 0 Å². The predicted molar refractivity (Wildman–Crippen MR) is 75.5 cm³/mol. The molecule has 0 amide bonds. The zero-order chi connectivity index (χ0) is 13.6. The van der Waals surface area contributed by atoms with Crippen LogP contribution in [-0.4, -0.2) is 28.2 Å². The second-order valence-corrected chi connectivity index (χ2v) is 6.95. The average molecular weight is 268 g/mol. The molecule has 0 saturated carbocycles. The number of carboxylic acids is 1. The number of ether oxygens (including phenoxy) is 1. The summed E-state index contributed by atoms with van der Waals surface area (Å²) in [5, 5.41) is 8.65. The molecule has 0 heterocycles. The van der Waals surface area contributed by atoms with Gasteiger partial charge < -0.3 is 9.84 Å². The molecule has 0 aromatic heterocycles. The van der Waals surface area contributed by atoms with Crippen LogP contribution in [0.2, 0.25) is 0 Å². The lowest BCUT2D eigenvalue weighted by Gasteiger charge is -2.17. The number of carbonyl (C=O) groups is 1. The van der Waals surface area contributed by atoms with Crippen molar-refractivity contribution < 1.29 is 14.6 Å². The Bertz CT molecular complexity index is 379. The minimum absolute atomic E-state index is 0.0557. The van der Waals surface area contributed by atoms with Gasteiger partial charge in [0.05, 0.1) is 13.0 Å². The SMILES string of the molecule is CC(C)(C)SCCOc1ccc(CC(=O)O)cc1. The Hall–Kier alpha value is -1.16. The highest BCUT2D eigenvalue weighted by Crippen LogP contribution is 2.23. The standard InChI is InChI=1S/C14H20O3S/c1-14(2,3)18-9-8-17-12-6-4-11(5-7-12)10-13(15)16/h4-7H,8-10H2,1-3H3,(H,15,16). The van der Waals surface area contributed by atoms with Gasteiger partial charge in [-0.1, -0.05) is 32.9 Å². The fourth-order valence-electron chi connectivity index (χ4n) is 1.39.